The van der Waals surface area contributed by atoms with Gasteiger partial charge in [-0.15, -0.1) is 0 Å². The Bertz CT molecular complexity index is 692. The zero-order chi connectivity index (χ0) is 17.9. The number of aryl methyl sites for hydroxylation is 2. The van der Waals surface area contributed by atoms with Crippen LogP contribution in [-0.4, -0.2) is 37.5 Å². The third-order valence-corrected chi connectivity index (χ3v) is 6.72. The molecule has 0 saturated carbocycles. The van der Waals surface area contributed by atoms with E-state index in [-0.39, 0.29) is 23.6 Å². The van der Waals surface area contributed by atoms with Crippen LogP contribution in [0.4, 0.5) is 0 Å². The standard InChI is InChI=1S/C18H28N2O3S/c1-5-24(22,23)20-10-8-16(9-11-20)18(21)19-15(4)17-12-13(2)6-7-14(17)3/h6-7,12,15-16H,5,8-11H2,1-4H3,(H,19,21)/t15-/m0/s1. The molecule has 0 aliphatic carbocycles. The molecule has 1 atom stereocenters. The maximum absolute atomic E-state index is 12.5. The number of benzene rings is 1. The number of carbonyl (C=O) groups excluding carboxylic acids is 1. The third-order valence-electron chi connectivity index (χ3n) is 4.84. The van der Waals surface area contributed by atoms with Gasteiger partial charge in [0.05, 0.1) is 11.8 Å². The molecule has 5 nitrogen and oxygen atoms in total. The zero-order valence-corrected chi connectivity index (χ0v) is 15.8. The van der Waals surface area contributed by atoms with Gasteiger partial charge in [0.25, 0.3) is 0 Å². The maximum Gasteiger partial charge on any atom is 0.223 e. The summed E-state index contributed by atoms with van der Waals surface area (Å²) in [6.45, 7) is 8.61. The zero-order valence-electron chi connectivity index (χ0n) is 15.0. The Morgan fingerprint density at radius 2 is 1.92 bits per heavy atom. The molecule has 0 radical (unpaired) electrons. The molecule has 1 fully saturated rings. The highest BCUT2D eigenvalue weighted by Crippen LogP contribution is 2.23. The van der Waals surface area contributed by atoms with E-state index in [9.17, 15) is 13.2 Å². The predicted octanol–water partition coefficient (Wildman–Crippen LogP) is 2.54. The second-order valence-corrected chi connectivity index (χ2v) is 8.92. The minimum absolute atomic E-state index is 0.0250. The van der Waals surface area contributed by atoms with Gasteiger partial charge in [0.15, 0.2) is 0 Å². The van der Waals surface area contributed by atoms with E-state index in [0.29, 0.717) is 25.9 Å². The Morgan fingerprint density at radius 3 is 2.50 bits per heavy atom. The van der Waals surface area contributed by atoms with Crippen LogP contribution in [-0.2, 0) is 14.8 Å². The normalized spacial score (nSPS) is 18.3. The number of rotatable bonds is 5. The van der Waals surface area contributed by atoms with Gasteiger partial charge < -0.3 is 5.32 Å². The quantitative estimate of drug-likeness (QED) is 0.885. The van der Waals surface area contributed by atoms with Crippen LogP contribution in [0.15, 0.2) is 18.2 Å². The fourth-order valence-electron chi connectivity index (χ4n) is 3.21. The fraction of sp³-hybridized carbons (Fsp3) is 0.611. The molecule has 6 heteroatoms. The molecule has 1 saturated heterocycles. The number of amides is 1. The minimum Gasteiger partial charge on any atom is -0.349 e. The largest absolute Gasteiger partial charge is 0.349 e. The van der Waals surface area contributed by atoms with Gasteiger partial charge >= 0.3 is 0 Å². The van der Waals surface area contributed by atoms with Crippen LogP contribution in [0, 0.1) is 19.8 Å². The van der Waals surface area contributed by atoms with Crippen LogP contribution in [0.5, 0.6) is 0 Å². The molecule has 0 bridgehead atoms. The summed E-state index contributed by atoms with van der Waals surface area (Å²) in [6, 6.07) is 6.20. The van der Waals surface area contributed by atoms with Gasteiger partial charge in [-0.3, -0.25) is 4.79 Å². The van der Waals surface area contributed by atoms with Crippen LogP contribution in [0.2, 0.25) is 0 Å². The van der Waals surface area contributed by atoms with Crippen molar-refractivity contribution in [1.29, 1.82) is 0 Å². The Hall–Kier alpha value is -1.40. The number of nitrogens with zero attached hydrogens (tertiary/aromatic N) is 1. The van der Waals surface area contributed by atoms with Gasteiger partial charge in [-0.1, -0.05) is 23.8 Å². The van der Waals surface area contributed by atoms with E-state index in [1.165, 1.54) is 9.87 Å². The molecule has 2 rings (SSSR count). The molecule has 1 aliphatic rings. The lowest BCUT2D eigenvalue weighted by Crippen LogP contribution is -2.43. The van der Waals surface area contributed by atoms with Gasteiger partial charge in [-0.2, -0.15) is 0 Å². The maximum atomic E-state index is 12.5. The Kier molecular flexibility index (Phi) is 6.04. The molecule has 24 heavy (non-hydrogen) atoms. The van der Waals surface area contributed by atoms with Crippen molar-refractivity contribution in [2.75, 3.05) is 18.8 Å². The van der Waals surface area contributed by atoms with Crippen molar-refractivity contribution >= 4 is 15.9 Å². The number of hydrogen-bond acceptors (Lipinski definition) is 3. The molecule has 1 heterocycles. The van der Waals surface area contributed by atoms with Crippen molar-refractivity contribution in [1.82, 2.24) is 9.62 Å². The molecule has 0 unspecified atom stereocenters. The first-order chi connectivity index (χ1) is 11.2. The van der Waals surface area contributed by atoms with E-state index >= 15 is 0 Å². The average Bonchev–Trinajstić information content (AvgIpc) is 2.57. The summed E-state index contributed by atoms with van der Waals surface area (Å²) in [6.07, 6.45) is 1.18. The van der Waals surface area contributed by atoms with E-state index in [2.05, 4.69) is 23.5 Å². The smallest absolute Gasteiger partial charge is 0.223 e. The Labute approximate surface area is 145 Å². The van der Waals surface area contributed by atoms with E-state index in [1.807, 2.05) is 20.8 Å². The summed E-state index contributed by atoms with van der Waals surface area (Å²) in [4.78, 5) is 12.5. The van der Waals surface area contributed by atoms with Crippen molar-refractivity contribution in [2.24, 2.45) is 5.92 Å². The van der Waals surface area contributed by atoms with E-state index in [1.54, 1.807) is 6.92 Å². The summed E-state index contributed by atoms with van der Waals surface area (Å²) in [5.74, 6) is 0.0332. The number of piperidine rings is 1. The third kappa shape index (κ3) is 4.36. The molecular weight excluding hydrogens is 324 g/mol. The molecule has 0 aromatic heterocycles. The van der Waals surface area contributed by atoms with Crippen LogP contribution in [0.3, 0.4) is 0 Å². The van der Waals surface area contributed by atoms with E-state index < -0.39 is 10.0 Å². The van der Waals surface area contributed by atoms with Crippen LogP contribution >= 0.6 is 0 Å². The highest BCUT2D eigenvalue weighted by Gasteiger charge is 2.30. The van der Waals surface area contributed by atoms with Crippen molar-refractivity contribution in [2.45, 2.75) is 46.6 Å². The second kappa shape index (κ2) is 7.66. The van der Waals surface area contributed by atoms with Crippen molar-refractivity contribution in [3.8, 4) is 0 Å². The highest BCUT2D eigenvalue weighted by molar-refractivity contribution is 7.89. The Balaban J connectivity index is 1.95. The number of sulfonamides is 1. The van der Waals surface area contributed by atoms with Crippen LogP contribution in [0.1, 0.15) is 49.4 Å². The van der Waals surface area contributed by atoms with Crippen molar-refractivity contribution in [3.05, 3.63) is 34.9 Å². The summed E-state index contributed by atoms with van der Waals surface area (Å²) in [5.41, 5.74) is 3.47. The average molecular weight is 353 g/mol. The number of nitrogens with one attached hydrogen (secondary N) is 1. The molecule has 134 valence electrons. The van der Waals surface area contributed by atoms with Gasteiger partial charge in [-0.25, -0.2) is 12.7 Å². The van der Waals surface area contributed by atoms with E-state index in [0.717, 1.165) is 11.1 Å². The number of hydrogen-bond donors (Lipinski definition) is 1. The molecular formula is C18H28N2O3S. The molecule has 1 amide bonds. The summed E-state index contributed by atoms with van der Waals surface area (Å²) in [5, 5.41) is 3.09. The van der Waals surface area contributed by atoms with Crippen LogP contribution < -0.4 is 5.32 Å². The van der Waals surface area contributed by atoms with Gasteiger partial charge in [-0.05, 0) is 51.7 Å². The lowest BCUT2D eigenvalue weighted by molar-refractivity contribution is -0.126. The van der Waals surface area contributed by atoms with Gasteiger partial charge in [0, 0.05) is 19.0 Å². The molecule has 1 aromatic rings. The summed E-state index contributed by atoms with van der Waals surface area (Å²) in [7, 11) is -3.15. The van der Waals surface area contributed by atoms with Crippen LogP contribution in [0.25, 0.3) is 0 Å². The Morgan fingerprint density at radius 1 is 1.29 bits per heavy atom. The lowest BCUT2D eigenvalue weighted by atomic mass is 9.95. The van der Waals surface area contributed by atoms with Crippen molar-refractivity contribution < 1.29 is 13.2 Å². The highest BCUT2D eigenvalue weighted by atomic mass is 32.2. The summed E-state index contributed by atoms with van der Waals surface area (Å²) >= 11 is 0. The first kappa shape index (κ1) is 18.9. The topological polar surface area (TPSA) is 66.5 Å². The number of carbonyl (C=O) groups is 1. The lowest BCUT2D eigenvalue weighted by Gasteiger charge is -2.31. The molecule has 1 aromatic carbocycles. The minimum atomic E-state index is -3.15. The molecule has 1 N–H and O–H groups in total. The van der Waals surface area contributed by atoms with Crippen molar-refractivity contribution in [3.63, 3.8) is 0 Å². The SMILES string of the molecule is CCS(=O)(=O)N1CCC(C(=O)N[C@@H](C)c2cc(C)ccc2C)CC1. The fourth-order valence-corrected chi connectivity index (χ4v) is 4.35. The second-order valence-electron chi connectivity index (χ2n) is 6.66. The van der Waals surface area contributed by atoms with Gasteiger partial charge in [0.2, 0.25) is 15.9 Å². The molecule has 1 aliphatic heterocycles. The summed E-state index contributed by atoms with van der Waals surface area (Å²) < 4.78 is 25.3. The first-order valence-corrected chi connectivity index (χ1v) is 10.2. The predicted molar refractivity (Wildman–Crippen MR) is 96.2 cm³/mol. The van der Waals surface area contributed by atoms with E-state index in [4.69, 9.17) is 0 Å². The first-order valence-electron chi connectivity index (χ1n) is 8.60. The monoisotopic (exact) mass is 352 g/mol. The molecule has 0 spiro atoms. The van der Waals surface area contributed by atoms with Gasteiger partial charge in [0.1, 0.15) is 0 Å².